The van der Waals surface area contributed by atoms with Gasteiger partial charge in [-0.15, -0.1) is 12.4 Å². The Labute approximate surface area is 105 Å². The summed E-state index contributed by atoms with van der Waals surface area (Å²) < 4.78 is 0. The number of halogens is 1. The number of rotatable bonds is 2. The highest BCUT2D eigenvalue weighted by Gasteiger charge is 2.39. The van der Waals surface area contributed by atoms with E-state index in [2.05, 4.69) is 4.90 Å². The Kier molecular flexibility index (Phi) is 4.15. The summed E-state index contributed by atoms with van der Waals surface area (Å²) >= 11 is 0. The quantitative estimate of drug-likeness (QED) is 0.808. The van der Waals surface area contributed by atoms with Gasteiger partial charge in [-0.3, -0.25) is 0 Å². The molecule has 3 fully saturated rings. The van der Waals surface area contributed by atoms with Gasteiger partial charge in [0.15, 0.2) is 0 Å². The lowest BCUT2D eigenvalue weighted by Gasteiger charge is -2.30. The fourth-order valence-corrected chi connectivity index (χ4v) is 3.80. The molecule has 2 N–H and O–H groups in total. The number of hydrogen-bond acceptors (Lipinski definition) is 2. The SMILES string of the molecule is Cl.NC1CCCC2CN(CC3CCC3)CC12. The minimum Gasteiger partial charge on any atom is -0.327 e. The zero-order valence-corrected chi connectivity index (χ0v) is 10.9. The maximum Gasteiger partial charge on any atom is 0.00825 e. The van der Waals surface area contributed by atoms with Gasteiger partial charge >= 0.3 is 0 Å². The summed E-state index contributed by atoms with van der Waals surface area (Å²) in [6.45, 7) is 4.04. The normalized spacial score (nSPS) is 39.9. The van der Waals surface area contributed by atoms with Crippen molar-refractivity contribution in [2.24, 2.45) is 23.5 Å². The van der Waals surface area contributed by atoms with Gasteiger partial charge in [0, 0.05) is 25.7 Å². The Morgan fingerprint density at radius 2 is 1.75 bits per heavy atom. The molecule has 0 amide bonds. The maximum atomic E-state index is 6.23. The van der Waals surface area contributed by atoms with E-state index in [0.29, 0.717) is 6.04 Å². The van der Waals surface area contributed by atoms with Crippen LogP contribution in [-0.2, 0) is 0 Å². The van der Waals surface area contributed by atoms with Gasteiger partial charge in [0.1, 0.15) is 0 Å². The fourth-order valence-electron chi connectivity index (χ4n) is 3.80. The Bertz CT molecular complexity index is 230. The van der Waals surface area contributed by atoms with Crippen molar-refractivity contribution in [3.05, 3.63) is 0 Å². The second-order valence-electron chi connectivity index (χ2n) is 6.03. The van der Waals surface area contributed by atoms with Crippen molar-refractivity contribution in [3.8, 4) is 0 Å². The molecule has 2 aliphatic carbocycles. The highest BCUT2D eigenvalue weighted by Crippen LogP contribution is 2.37. The Morgan fingerprint density at radius 3 is 2.38 bits per heavy atom. The van der Waals surface area contributed by atoms with E-state index in [1.807, 2.05) is 0 Å². The van der Waals surface area contributed by atoms with Gasteiger partial charge < -0.3 is 10.6 Å². The Morgan fingerprint density at radius 1 is 1.00 bits per heavy atom. The molecule has 2 nitrogen and oxygen atoms in total. The van der Waals surface area contributed by atoms with Gasteiger partial charge in [0.25, 0.3) is 0 Å². The molecule has 1 heterocycles. The van der Waals surface area contributed by atoms with Crippen LogP contribution >= 0.6 is 12.4 Å². The van der Waals surface area contributed by atoms with Crippen LogP contribution in [0.2, 0.25) is 0 Å². The van der Waals surface area contributed by atoms with Crippen molar-refractivity contribution in [1.29, 1.82) is 0 Å². The third-order valence-electron chi connectivity index (χ3n) is 4.97. The average molecular weight is 245 g/mol. The molecule has 2 saturated carbocycles. The lowest BCUT2D eigenvalue weighted by molar-refractivity contribution is 0.198. The summed E-state index contributed by atoms with van der Waals surface area (Å²) in [5.74, 6) is 2.80. The monoisotopic (exact) mass is 244 g/mol. The van der Waals surface area contributed by atoms with Crippen LogP contribution in [-0.4, -0.2) is 30.6 Å². The summed E-state index contributed by atoms with van der Waals surface area (Å²) in [7, 11) is 0. The molecule has 3 atom stereocenters. The number of nitrogens with zero attached hydrogens (tertiary/aromatic N) is 1. The van der Waals surface area contributed by atoms with Crippen molar-refractivity contribution in [2.45, 2.75) is 44.6 Å². The number of likely N-dealkylation sites (tertiary alicyclic amines) is 1. The van der Waals surface area contributed by atoms with E-state index in [1.54, 1.807) is 0 Å². The molecule has 0 radical (unpaired) electrons. The molecule has 0 bridgehead atoms. The van der Waals surface area contributed by atoms with E-state index in [1.165, 1.54) is 58.2 Å². The van der Waals surface area contributed by atoms with Crippen LogP contribution in [0.15, 0.2) is 0 Å². The van der Waals surface area contributed by atoms with E-state index in [4.69, 9.17) is 5.73 Å². The van der Waals surface area contributed by atoms with Crippen LogP contribution in [0.4, 0.5) is 0 Å². The summed E-state index contributed by atoms with van der Waals surface area (Å²) in [6.07, 6.45) is 8.54. The molecule has 3 heteroatoms. The summed E-state index contributed by atoms with van der Waals surface area (Å²) in [4.78, 5) is 2.71. The highest BCUT2D eigenvalue weighted by molar-refractivity contribution is 5.85. The molecule has 94 valence electrons. The van der Waals surface area contributed by atoms with Gasteiger partial charge in [-0.2, -0.15) is 0 Å². The predicted molar refractivity (Wildman–Crippen MR) is 69.8 cm³/mol. The maximum absolute atomic E-state index is 6.23. The van der Waals surface area contributed by atoms with E-state index < -0.39 is 0 Å². The van der Waals surface area contributed by atoms with Crippen LogP contribution in [0.3, 0.4) is 0 Å². The molecule has 3 aliphatic rings. The van der Waals surface area contributed by atoms with Gasteiger partial charge in [-0.1, -0.05) is 12.8 Å². The highest BCUT2D eigenvalue weighted by atomic mass is 35.5. The van der Waals surface area contributed by atoms with E-state index >= 15 is 0 Å². The molecule has 3 rings (SSSR count). The topological polar surface area (TPSA) is 29.3 Å². The van der Waals surface area contributed by atoms with E-state index in [-0.39, 0.29) is 12.4 Å². The van der Waals surface area contributed by atoms with Crippen LogP contribution < -0.4 is 5.73 Å². The largest absolute Gasteiger partial charge is 0.327 e. The molecular weight excluding hydrogens is 220 g/mol. The molecule has 0 spiro atoms. The number of hydrogen-bond donors (Lipinski definition) is 1. The van der Waals surface area contributed by atoms with Crippen molar-refractivity contribution in [3.63, 3.8) is 0 Å². The second kappa shape index (κ2) is 5.24. The zero-order valence-electron chi connectivity index (χ0n) is 10.1. The van der Waals surface area contributed by atoms with Crippen LogP contribution in [0.25, 0.3) is 0 Å². The summed E-state index contributed by atoms with van der Waals surface area (Å²) in [6, 6.07) is 0.509. The minimum atomic E-state index is 0. The summed E-state index contributed by atoms with van der Waals surface area (Å²) in [5.41, 5.74) is 6.23. The van der Waals surface area contributed by atoms with Crippen molar-refractivity contribution in [1.82, 2.24) is 4.90 Å². The smallest absolute Gasteiger partial charge is 0.00825 e. The van der Waals surface area contributed by atoms with Crippen molar-refractivity contribution < 1.29 is 0 Å². The molecule has 16 heavy (non-hydrogen) atoms. The molecule has 1 saturated heterocycles. The van der Waals surface area contributed by atoms with Gasteiger partial charge in [0.05, 0.1) is 0 Å². The van der Waals surface area contributed by atoms with Crippen molar-refractivity contribution >= 4 is 12.4 Å². The predicted octanol–water partition coefficient (Wildman–Crippen LogP) is 2.27. The molecular formula is C13H25ClN2. The third-order valence-corrected chi connectivity index (χ3v) is 4.97. The second-order valence-corrected chi connectivity index (χ2v) is 6.03. The summed E-state index contributed by atoms with van der Waals surface area (Å²) in [5, 5.41) is 0. The first-order valence-corrected chi connectivity index (χ1v) is 6.81. The van der Waals surface area contributed by atoms with E-state index in [9.17, 15) is 0 Å². The van der Waals surface area contributed by atoms with Gasteiger partial charge in [-0.05, 0) is 43.4 Å². The van der Waals surface area contributed by atoms with Crippen LogP contribution in [0.5, 0.6) is 0 Å². The molecule has 0 aromatic carbocycles. The van der Waals surface area contributed by atoms with Crippen LogP contribution in [0, 0.1) is 17.8 Å². The zero-order chi connectivity index (χ0) is 10.3. The fraction of sp³-hybridized carbons (Fsp3) is 1.00. The standard InChI is InChI=1S/C13H24N2.ClH/c14-13-6-2-5-11-8-15(9-12(11)13)7-10-3-1-4-10;/h10-13H,1-9,14H2;1H. The first kappa shape index (κ1) is 12.7. The van der Waals surface area contributed by atoms with Gasteiger partial charge in [-0.25, -0.2) is 0 Å². The molecule has 1 aliphatic heterocycles. The van der Waals surface area contributed by atoms with Crippen molar-refractivity contribution in [2.75, 3.05) is 19.6 Å². The average Bonchev–Trinajstić information content (AvgIpc) is 2.56. The Balaban J connectivity index is 0.000000963. The number of fused-ring (bicyclic) bond motifs is 1. The Hall–Kier alpha value is 0.210. The molecule has 0 aromatic heterocycles. The third kappa shape index (κ3) is 2.39. The molecule has 0 aromatic rings. The lowest BCUT2D eigenvalue weighted by Crippen LogP contribution is -2.38. The minimum absolute atomic E-state index is 0. The lowest BCUT2D eigenvalue weighted by atomic mass is 9.78. The first-order valence-electron chi connectivity index (χ1n) is 6.81. The van der Waals surface area contributed by atoms with Gasteiger partial charge in [0.2, 0.25) is 0 Å². The first-order chi connectivity index (χ1) is 7.33. The van der Waals surface area contributed by atoms with Crippen LogP contribution in [0.1, 0.15) is 38.5 Å². The molecule has 3 unspecified atom stereocenters. The number of nitrogens with two attached hydrogens (primary N) is 1. The van der Waals surface area contributed by atoms with E-state index in [0.717, 1.165) is 17.8 Å².